The third kappa shape index (κ3) is 3.63. The van der Waals surface area contributed by atoms with Crippen molar-refractivity contribution >= 4 is 5.78 Å². The van der Waals surface area contributed by atoms with Gasteiger partial charge >= 0.3 is 0 Å². The van der Waals surface area contributed by atoms with Crippen LogP contribution in [0.2, 0.25) is 0 Å². The molecule has 1 aromatic rings. The molecule has 16 heavy (non-hydrogen) atoms. The molecule has 1 aromatic carbocycles. The van der Waals surface area contributed by atoms with Crippen LogP contribution in [0.5, 0.6) is 5.75 Å². The third-order valence-corrected chi connectivity index (χ3v) is 1.93. The summed E-state index contributed by atoms with van der Waals surface area (Å²) in [6, 6.07) is 6.80. The Morgan fingerprint density at radius 2 is 2.12 bits per heavy atom. The minimum Gasteiger partial charge on any atom is -0.494 e. The fraction of sp³-hybridized carbons (Fsp3) is 0.364. The van der Waals surface area contributed by atoms with Gasteiger partial charge in [0.1, 0.15) is 5.75 Å². The van der Waals surface area contributed by atoms with Crippen LogP contribution in [0.3, 0.4) is 0 Å². The minimum absolute atomic E-state index is 0.147. The van der Waals surface area contributed by atoms with E-state index in [1.54, 1.807) is 24.3 Å². The fourth-order valence-electron chi connectivity index (χ4n) is 1.14. The summed E-state index contributed by atoms with van der Waals surface area (Å²) in [5.41, 5.74) is 8.61. The number of hydrogen-bond acceptors (Lipinski definition) is 3. The molecule has 0 aliphatic carbocycles. The first-order chi connectivity index (χ1) is 7.77. The van der Waals surface area contributed by atoms with Crippen molar-refractivity contribution < 1.29 is 9.53 Å². The molecule has 84 valence electrons. The number of ether oxygens (including phenoxy) is 1. The SMILES string of the molecule is CCCOc1ccc(C(=O)CN=[N+]=[N-])cc1. The molecule has 0 aliphatic rings. The lowest BCUT2D eigenvalue weighted by molar-refractivity contribution is 0.100. The standard InChI is InChI=1S/C11H13N3O2/c1-2-7-16-10-5-3-9(4-6-10)11(15)8-13-14-12/h3-6H,2,7-8H2,1H3. The summed E-state index contributed by atoms with van der Waals surface area (Å²) in [6.45, 7) is 2.54. The maximum atomic E-state index is 11.4. The van der Waals surface area contributed by atoms with E-state index in [1.807, 2.05) is 6.92 Å². The van der Waals surface area contributed by atoms with Crippen LogP contribution in [0.15, 0.2) is 29.4 Å². The Kier molecular flexibility index (Phi) is 4.89. The van der Waals surface area contributed by atoms with E-state index in [1.165, 1.54) is 0 Å². The lowest BCUT2D eigenvalue weighted by atomic mass is 10.1. The maximum Gasteiger partial charge on any atom is 0.168 e. The summed E-state index contributed by atoms with van der Waals surface area (Å²) in [4.78, 5) is 14.0. The number of nitrogens with zero attached hydrogens (tertiary/aromatic N) is 3. The normalized spacial score (nSPS) is 9.31. The predicted octanol–water partition coefficient (Wildman–Crippen LogP) is 2.97. The third-order valence-electron chi connectivity index (χ3n) is 1.93. The van der Waals surface area contributed by atoms with Gasteiger partial charge in [0.2, 0.25) is 0 Å². The number of benzene rings is 1. The highest BCUT2D eigenvalue weighted by Crippen LogP contribution is 2.12. The average molecular weight is 219 g/mol. The zero-order valence-electron chi connectivity index (χ0n) is 9.09. The molecule has 0 spiro atoms. The molecular weight excluding hydrogens is 206 g/mol. The summed E-state index contributed by atoms with van der Waals surface area (Å²) >= 11 is 0. The first-order valence-electron chi connectivity index (χ1n) is 5.05. The van der Waals surface area contributed by atoms with Gasteiger partial charge in [-0.1, -0.05) is 12.0 Å². The summed E-state index contributed by atoms with van der Waals surface area (Å²) in [6.07, 6.45) is 0.942. The van der Waals surface area contributed by atoms with Crippen molar-refractivity contribution in [3.05, 3.63) is 40.3 Å². The minimum atomic E-state index is -0.195. The summed E-state index contributed by atoms with van der Waals surface area (Å²) in [5, 5.41) is 3.22. The van der Waals surface area contributed by atoms with E-state index in [9.17, 15) is 4.79 Å². The molecule has 0 aliphatic heterocycles. The second-order valence-electron chi connectivity index (χ2n) is 3.18. The Morgan fingerprint density at radius 3 is 2.69 bits per heavy atom. The molecule has 5 heteroatoms. The number of rotatable bonds is 6. The Morgan fingerprint density at radius 1 is 1.44 bits per heavy atom. The fourth-order valence-corrected chi connectivity index (χ4v) is 1.14. The van der Waals surface area contributed by atoms with Crippen molar-refractivity contribution in [1.82, 2.24) is 0 Å². The number of azide groups is 1. The number of carbonyl (C=O) groups excluding carboxylic acids is 1. The van der Waals surface area contributed by atoms with Crippen LogP contribution in [0.1, 0.15) is 23.7 Å². The smallest absolute Gasteiger partial charge is 0.168 e. The van der Waals surface area contributed by atoms with Gasteiger partial charge in [-0.3, -0.25) is 4.79 Å². The highest BCUT2D eigenvalue weighted by atomic mass is 16.5. The van der Waals surface area contributed by atoms with E-state index in [4.69, 9.17) is 10.3 Å². The molecule has 0 amide bonds. The van der Waals surface area contributed by atoms with E-state index < -0.39 is 0 Å². The highest BCUT2D eigenvalue weighted by Gasteiger charge is 2.03. The van der Waals surface area contributed by atoms with Crippen molar-refractivity contribution in [2.45, 2.75) is 13.3 Å². The molecule has 0 bridgehead atoms. The lowest BCUT2D eigenvalue weighted by Crippen LogP contribution is -2.02. The second-order valence-corrected chi connectivity index (χ2v) is 3.18. The zero-order chi connectivity index (χ0) is 11.8. The Hall–Kier alpha value is -2.00. The zero-order valence-corrected chi connectivity index (χ0v) is 9.09. The topological polar surface area (TPSA) is 75.1 Å². The van der Waals surface area contributed by atoms with E-state index in [2.05, 4.69) is 10.0 Å². The first-order valence-corrected chi connectivity index (χ1v) is 5.05. The van der Waals surface area contributed by atoms with Crippen molar-refractivity contribution in [1.29, 1.82) is 0 Å². The van der Waals surface area contributed by atoms with Crippen LogP contribution in [0, 0.1) is 0 Å². The monoisotopic (exact) mass is 219 g/mol. The van der Waals surface area contributed by atoms with Crippen LogP contribution < -0.4 is 4.74 Å². The van der Waals surface area contributed by atoms with Gasteiger partial charge in [-0.25, -0.2) is 0 Å². The van der Waals surface area contributed by atoms with Gasteiger partial charge in [-0.2, -0.15) is 0 Å². The summed E-state index contributed by atoms with van der Waals surface area (Å²) in [7, 11) is 0. The van der Waals surface area contributed by atoms with Crippen molar-refractivity contribution in [3.8, 4) is 5.75 Å². The van der Waals surface area contributed by atoms with E-state index in [0.29, 0.717) is 12.2 Å². The molecule has 0 saturated carbocycles. The maximum absolute atomic E-state index is 11.4. The predicted molar refractivity (Wildman–Crippen MR) is 60.6 cm³/mol. The van der Waals surface area contributed by atoms with Crippen LogP contribution in [0.25, 0.3) is 10.4 Å². The van der Waals surface area contributed by atoms with Crippen molar-refractivity contribution in [3.63, 3.8) is 0 Å². The van der Waals surface area contributed by atoms with Gasteiger partial charge in [0, 0.05) is 10.5 Å². The molecule has 1 rings (SSSR count). The van der Waals surface area contributed by atoms with E-state index in [-0.39, 0.29) is 12.3 Å². The highest BCUT2D eigenvalue weighted by molar-refractivity contribution is 5.97. The van der Waals surface area contributed by atoms with Gasteiger partial charge in [-0.15, -0.1) is 0 Å². The van der Waals surface area contributed by atoms with Crippen LogP contribution in [-0.4, -0.2) is 18.9 Å². The van der Waals surface area contributed by atoms with Gasteiger partial charge < -0.3 is 4.74 Å². The van der Waals surface area contributed by atoms with Gasteiger partial charge in [0.05, 0.1) is 13.2 Å². The molecule has 0 N–H and O–H groups in total. The van der Waals surface area contributed by atoms with Crippen molar-refractivity contribution in [2.24, 2.45) is 5.11 Å². The molecule has 5 nitrogen and oxygen atoms in total. The Labute approximate surface area is 93.7 Å². The molecule has 0 fully saturated rings. The molecular formula is C11H13N3O2. The van der Waals surface area contributed by atoms with Gasteiger partial charge in [-0.05, 0) is 36.2 Å². The van der Waals surface area contributed by atoms with E-state index >= 15 is 0 Å². The number of carbonyl (C=O) groups is 1. The summed E-state index contributed by atoms with van der Waals surface area (Å²) in [5.74, 6) is 0.544. The molecule has 0 heterocycles. The first kappa shape index (κ1) is 12.1. The number of hydrogen-bond donors (Lipinski definition) is 0. The quantitative estimate of drug-likeness (QED) is 0.319. The van der Waals surface area contributed by atoms with Crippen LogP contribution in [-0.2, 0) is 0 Å². The Bertz CT molecular complexity index is 394. The second kappa shape index (κ2) is 6.48. The molecule has 0 saturated heterocycles. The summed E-state index contributed by atoms with van der Waals surface area (Å²) < 4.78 is 5.38. The van der Waals surface area contributed by atoms with E-state index in [0.717, 1.165) is 12.2 Å². The number of ketones is 1. The van der Waals surface area contributed by atoms with Gasteiger partial charge in [0.25, 0.3) is 0 Å². The molecule has 0 unspecified atom stereocenters. The van der Waals surface area contributed by atoms with Crippen LogP contribution >= 0.6 is 0 Å². The van der Waals surface area contributed by atoms with Gasteiger partial charge in [0.15, 0.2) is 5.78 Å². The lowest BCUT2D eigenvalue weighted by Gasteiger charge is -2.04. The molecule has 0 atom stereocenters. The largest absolute Gasteiger partial charge is 0.494 e. The number of Topliss-reactive ketones (excluding diaryl/α,β-unsaturated/α-hetero) is 1. The molecule has 0 aromatic heterocycles. The van der Waals surface area contributed by atoms with Crippen molar-refractivity contribution in [2.75, 3.05) is 13.2 Å². The Balaban J connectivity index is 2.63. The average Bonchev–Trinajstić information content (AvgIpc) is 2.34. The molecule has 0 radical (unpaired) electrons. The van der Waals surface area contributed by atoms with Crippen LogP contribution in [0.4, 0.5) is 0 Å².